The third kappa shape index (κ3) is 9.39. The maximum Gasteiger partial charge on any atom is 0.0928 e. The van der Waals surface area contributed by atoms with Crippen LogP contribution in [0.5, 0.6) is 0 Å². The van der Waals surface area contributed by atoms with Crippen molar-refractivity contribution < 1.29 is 9.47 Å². The number of hydrogen-bond donors (Lipinski definition) is 2. The molecule has 0 atom stereocenters. The first-order valence-electron chi connectivity index (χ1n) is 3.75. The van der Waals surface area contributed by atoms with Crippen molar-refractivity contribution in [2.24, 2.45) is 5.73 Å². The molecule has 0 amide bonds. The van der Waals surface area contributed by atoms with E-state index in [2.05, 4.69) is 0 Å². The lowest BCUT2D eigenvalue weighted by atomic mass is 10.4. The molecule has 0 aromatic heterocycles. The minimum Gasteiger partial charge on any atom is -0.388 e. The molecule has 3 N–H and O–H groups in total. The summed E-state index contributed by atoms with van der Waals surface area (Å²) >= 11 is 0. The number of hydrogen-bond acceptors (Lipinski definition) is 3. The first-order valence-corrected chi connectivity index (χ1v) is 3.75. The van der Waals surface area contributed by atoms with Crippen LogP contribution in [0.4, 0.5) is 0 Å². The lowest BCUT2D eigenvalue weighted by Crippen LogP contribution is -2.14. The molecule has 66 valence electrons. The normalized spacial score (nSPS) is 9.91. The molecule has 0 aliphatic carbocycles. The van der Waals surface area contributed by atoms with Crippen LogP contribution < -0.4 is 5.73 Å². The Labute approximate surface area is 67.2 Å². The summed E-state index contributed by atoms with van der Waals surface area (Å²) in [5, 5.41) is 6.88. The quantitative estimate of drug-likeness (QED) is 0.321. The Morgan fingerprint density at radius 3 is 2.45 bits per heavy atom. The van der Waals surface area contributed by atoms with Gasteiger partial charge in [-0.3, -0.25) is 5.41 Å². The number of rotatable bonds is 7. The lowest BCUT2D eigenvalue weighted by Gasteiger charge is -2.02. The smallest absolute Gasteiger partial charge is 0.0928 e. The van der Waals surface area contributed by atoms with Gasteiger partial charge in [-0.2, -0.15) is 0 Å². The third-order valence-electron chi connectivity index (χ3n) is 1.09. The average molecular weight is 160 g/mol. The van der Waals surface area contributed by atoms with Gasteiger partial charge >= 0.3 is 0 Å². The lowest BCUT2D eigenvalue weighted by molar-refractivity contribution is 0.0556. The maximum atomic E-state index is 6.88. The number of nitrogens with one attached hydrogen (secondary N) is 1. The van der Waals surface area contributed by atoms with Crippen molar-refractivity contribution in [3.63, 3.8) is 0 Å². The van der Waals surface area contributed by atoms with E-state index in [4.69, 9.17) is 20.6 Å². The van der Waals surface area contributed by atoms with Crippen LogP contribution in [0.2, 0.25) is 0 Å². The summed E-state index contributed by atoms with van der Waals surface area (Å²) in [5.41, 5.74) is 5.11. The van der Waals surface area contributed by atoms with Crippen molar-refractivity contribution in [2.75, 3.05) is 26.4 Å². The monoisotopic (exact) mass is 160 g/mol. The molecule has 0 unspecified atom stereocenters. The molecule has 0 spiro atoms. The molecule has 0 heterocycles. The SMILES string of the molecule is CCOCCOCCC(=N)N. The van der Waals surface area contributed by atoms with E-state index in [9.17, 15) is 0 Å². The van der Waals surface area contributed by atoms with Gasteiger partial charge in [-0.15, -0.1) is 0 Å². The molecule has 4 heteroatoms. The fraction of sp³-hybridized carbons (Fsp3) is 0.857. The highest BCUT2D eigenvalue weighted by Gasteiger charge is 1.90. The number of nitrogens with two attached hydrogens (primary N) is 1. The fourth-order valence-electron chi connectivity index (χ4n) is 0.546. The van der Waals surface area contributed by atoms with Gasteiger partial charge in [0.2, 0.25) is 0 Å². The van der Waals surface area contributed by atoms with Crippen molar-refractivity contribution in [1.82, 2.24) is 0 Å². The second kappa shape index (κ2) is 7.50. The molecule has 0 aromatic rings. The van der Waals surface area contributed by atoms with Crippen molar-refractivity contribution in [3.8, 4) is 0 Å². The van der Waals surface area contributed by atoms with E-state index in [-0.39, 0.29) is 5.84 Å². The molecular formula is C7H16N2O2. The van der Waals surface area contributed by atoms with Gasteiger partial charge in [-0.1, -0.05) is 0 Å². The highest BCUT2D eigenvalue weighted by Crippen LogP contribution is 1.82. The van der Waals surface area contributed by atoms with Gasteiger partial charge in [0.15, 0.2) is 0 Å². The van der Waals surface area contributed by atoms with Gasteiger partial charge in [0.1, 0.15) is 0 Å². The van der Waals surface area contributed by atoms with Crippen molar-refractivity contribution >= 4 is 5.84 Å². The van der Waals surface area contributed by atoms with Crippen LogP contribution in [-0.4, -0.2) is 32.3 Å². The van der Waals surface area contributed by atoms with Crippen molar-refractivity contribution in [3.05, 3.63) is 0 Å². The van der Waals surface area contributed by atoms with E-state index < -0.39 is 0 Å². The Hall–Kier alpha value is -0.610. The Balaban J connectivity index is 2.85. The van der Waals surface area contributed by atoms with Crippen LogP contribution in [0, 0.1) is 5.41 Å². The molecule has 0 bridgehead atoms. The van der Waals surface area contributed by atoms with E-state index in [1.807, 2.05) is 6.92 Å². The molecule has 0 saturated carbocycles. The Morgan fingerprint density at radius 1 is 1.27 bits per heavy atom. The van der Waals surface area contributed by atoms with Gasteiger partial charge in [-0.05, 0) is 6.92 Å². The summed E-state index contributed by atoms with van der Waals surface area (Å²) in [7, 11) is 0. The van der Waals surface area contributed by atoms with E-state index >= 15 is 0 Å². The summed E-state index contributed by atoms with van der Waals surface area (Å²) in [5.74, 6) is 0.168. The zero-order valence-electron chi connectivity index (χ0n) is 6.93. The van der Waals surface area contributed by atoms with Gasteiger partial charge in [-0.25, -0.2) is 0 Å². The van der Waals surface area contributed by atoms with Gasteiger partial charge in [0.25, 0.3) is 0 Å². The highest BCUT2D eigenvalue weighted by molar-refractivity contribution is 5.76. The van der Waals surface area contributed by atoms with Crippen LogP contribution in [0.25, 0.3) is 0 Å². The Bertz CT molecular complexity index is 107. The van der Waals surface area contributed by atoms with E-state index in [1.165, 1.54) is 0 Å². The van der Waals surface area contributed by atoms with Crippen molar-refractivity contribution in [1.29, 1.82) is 5.41 Å². The largest absolute Gasteiger partial charge is 0.388 e. The molecule has 0 aliphatic heterocycles. The van der Waals surface area contributed by atoms with Crippen LogP contribution in [0.3, 0.4) is 0 Å². The van der Waals surface area contributed by atoms with Gasteiger partial charge in [0, 0.05) is 13.0 Å². The summed E-state index contributed by atoms with van der Waals surface area (Å²) in [6.07, 6.45) is 0.506. The third-order valence-corrected chi connectivity index (χ3v) is 1.09. The van der Waals surface area contributed by atoms with E-state index in [1.54, 1.807) is 0 Å². The summed E-state index contributed by atoms with van der Waals surface area (Å²) < 4.78 is 10.1. The molecule has 0 radical (unpaired) electrons. The fourth-order valence-corrected chi connectivity index (χ4v) is 0.546. The molecule has 0 aliphatic rings. The molecule has 0 aromatic carbocycles. The standard InChI is InChI=1S/C7H16N2O2/c1-2-10-5-6-11-4-3-7(8)9/h2-6H2,1H3,(H3,8,9). The number of amidine groups is 1. The Kier molecular flexibility index (Phi) is 7.08. The van der Waals surface area contributed by atoms with E-state index in [0.29, 0.717) is 26.2 Å². The molecule has 4 nitrogen and oxygen atoms in total. The van der Waals surface area contributed by atoms with Crippen LogP contribution in [-0.2, 0) is 9.47 Å². The van der Waals surface area contributed by atoms with Crippen LogP contribution >= 0.6 is 0 Å². The van der Waals surface area contributed by atoms with Gasteiger partial charge < -0.3 is 15.2 Å². The average Bonchev–Trinajstić information content (AvgIpc) is 1.96. The minimum absolute atomic E-state index is 0.168. The zero-order chi connectivity index (χ0) is 8.53. The topological polar surface area (TPSA) is 68.3 Å². The second-order valence-corrected chi connectivity index (χ2v) is 2.08. The highest BCUT2D eigenvalue weighted by atomic mass is 16.5. The molecule has 0 saturated heterocycles. The van der Waals surface area contributed by atoms with E-state index in [0.717, 1.165) is 6.61 Å². The summed E-state index contributed by atoms with van der Waals surface area (Å²) in [6.45, 7) is 4.38. The molecular weight excluding hydrogens is 144 g/mol. The molecule has 0 rings (SSSR count). The molecule has 0 fully saturated rings. The van der Waals surface area contributed by atoms with Crippen molar-refractivity contribution in [2.45, 2.75) is 13.3 Å². The zero-order valence-corrected chi connectivity index (χ0v) is 6.93. The first kappa shape index (κ1) is 10.4. The van der Waals surface area contributed by atoms with Gasteiger partial charge in [0.05, 0.1) is 25.7 Å². The first-order chi connectivity index (χ1) is 5.27. The number of ether oxygens (including phenoxy) is 2. The predicted molar refractivity (Wildman–Crippen MR) is 43.8 cm³/mol. The second-order valence-electron chi connectivity index (χ2n) is 2.08. The summed E-state index contributed by atoms with van der Waals surface area (Å²) in [4.78, 5) is 0. The van der Waals surface area contributed by atoms with Crippen LogP contribution in [0.1, 0.15) is 13.3 Å². The minimum atomic E-state index is 0.168. The Morgan fingerprint density at radius 2 is 1.91 bits per heavy atom. The van der Waals surface area contributed by atoms with Crippen LogP contribution in [0.15, 0.2) is 0 Å². The predicted octanol–water partition coefficient (Wildman–Crippen LogP) is 0.366. The maximum absolute atomic E-state index is 6.88. The summed E-state index contributed by atoms with van der Waals surface area (Å²) in [6, 6.07) is 0. The molecule has 11 heavy (non-hydrogen) atoms.